The molecule has 0 aromatic carbocycles. The van der Waals surface area contributed by atoms with E-state index >= 15 is 0 Å². The minimum absolute atomic E-state index is 0.168. The van der Waals surface area contributed by atoms with Crippen molar-refractivity contribution in [1.82, 2.24) is 15.3 Å². The molecule has 0 radical (unpaired) electrons. The number of anilines is 2. The van der Waals surface area contributed by atoms with Crippen LogP contribution in [0.5, 0.6) is 0 Å². The summed E-state index contributed by atoms with van der Waals surface area (Å²) in [6.45, 7) is 6.85. The fourth-order valence-electron chi connectivity index (χ4n) is 3.16. The molecule has 2 saturated heterocycles. The summed E-state index contributed by atoms with van der Waals surface area (Å²) < 4.78 is 0. The molecule has 0 unspecified atom stereocenters. The van der Waals surface area contributed by atoms with Crippen LogP contribution in [-0.4, -0.2) is 41.6 Å². The summed E-state index contributed by atoms with van der Waals surface area (Å²) in [6, 6.07) is 2.25. The van der Waals surface area contributed by atoms with Crippen LogP contribution in [0.3, 0.4) is 0 Å². The Morgan fingerprint density at radius 1 is 1.38 bits per heavy atom. The van der Waals surface area contributed by atoms with Crippen molar-refractivity contribution in [3.05, 3.63) is 12.3 Å². The normalized spacial score (nSPS) is 20.9. The van der Waals surface area contributed by atoms with E-state index in [-0.39, 0.29) is 11.3 Å². The minimum atomic E-state index is 0.168. The Morgan fingerprint density at radius 3 is 2.76 bits per heavy atom. The largest absolute Gasteiger partial charge is 0.368 e. The molecule has 1 aromatic rings. The fourth-order valence-corrected chi connectivity index (χ4v) is 3.16. The number of carbonyl (C=O) groups is 1. The zero-order chi connectivity index (χ0) is 14.9. The number of nitrogens with zero attached hydrogens (tertiary/aromatic N) is 3. The molecule has 1 spiro atoms. The SMILES string of the molecule is CC(C)Nc1ccnc(N2CCC3(CC2)CNC(=O)C3)n1. The molecule has 0 aliphatic carbocycles. The number of nitrogens with one attached hydrogen (secondary N) is 2. The van der Waals surface area contributed by atoms with Gasteiger partial charge in [-0.1, -0.05) is 0 Å². The monoisotopic (exact) mass is 289 g/mol. The van der Waals surface area contributed by atoms with Crippen LogP contribution in [0.1, 0.15) is 33.1 Å². The number of hydrogen-bond acceptors (Lipinski definition) is 5. The van der Waals surface area contributed by atoms with Crippen molar-refractivity contribution in [2.24, 2.45) is 5.41 Å². The van der Waals surface area contributed by atoms with Crippen molar-refractivity contribution >= 4 is 17.7 Å². The Labute approximate surface area is 125 Å². The molecular formula is C15H23N5O. The van der Waals surface area contributed by atoms with Gasteiger partial charge in [0.25, 0.3) is 0 Å². The van der Waals surface area contributed by atoms with Crippen LogP contribution in [0.25, 0.3) is 0 Å². The molecule has 2 fully saturated rings. The van der Waals surface area contributed by atoms with Crippen molar-refractivity contribution in [3.63, 3.8) is 0 Å². The first-order valence-electron chi connectivity index (χ1n) is 7.68. The van der Waals surface area contributed by atoms with E-state index in [0.717, 1.165) is 44.2 Å². The van der Waals surface area contributed by atoms with E-state index in [2.05, 4.69) is 39.3 Å². The predicted molar refractivity (Wildman–Crippen MR) is 82.3 cm³/mol. The lowest BCUT2D eigenvalue weighted by Crippen LogP contribution is -2.42. The third kappa shape index (κ3) is 3.09. The molecule has 3 rings (SSSR count). The van der Waals surface area contributed by atoms with Crippen molar-refractivity contribution in [1.29, 1.82) is 0 Å². The van der Waals surface area contributed by atoms with E-state index in [1.807, 2.05) is 6.07 Å². The van der Waals surface area contributed by atoms with Crippen LogP contribution in [0.15, 0.2) is 12.3 Å². The lowest BCUT2D eigenvalue weighted by molar-refractivity contribution is -0.119. The zero-order valence-electron chi connectivity index (χ0n) is 12.7. The maximum Gasteiger partial charge on any atom is 0.227 e. The van der Waals surface area contributed by atoms with Gasteiger partial charge in [0.05, 0.1) is 0 Å². The lowest BCUT2D eigenvalue weighted by atomic mass is 9.78. The smallest absolute Gasteiger partial charge is 0.227 e. The van der Waals surface area contributed by atoms with Gasteiger partial charge in [-0.25, -0.2) is 4.98 Å². The molecule has 2 aliphatic rings. The molecule has 2 aliphatic heterocycles. The average Bonchev–Trinajstić information content (AvgIpc) is 2.80. The molecule has 6 nitrogen and oxygen atoms in total. The first-order chi connectivity index (χ1) is 10.1. The second kappa shape index (κ2) is 5.50. The summed E-state index contributed by atoms with van der Waals surface area (Å²) in [5, 5.41) is 6.27. The zero-order valence-corrected chi connectivity index (χ0v) is 12.7. The van der Waals surface area contributed by atoms with E-state index in [9.17, 15) is 4.79 Å². The summed E-state index contributed by atoms with van der Waals surface area (Å²) in [5.74, 6) is 1.85. The summed E-state index contributed by atoms with van der Waals surface area (Å²) in [7, 11) is 0. The van der Waals surface area contributed by atoms with Gasteiger partial charge in [-0.2, -0.15) is 4.98 Å². The molecule has 6 heteroatoms. The van der Waals surface area contributed by atoms with Crippen LogP contribution in [0.2, 0.25) is 0 Å². The maximum absolute atomic E-state index is 11.5. The average molecular weight is 289 g/mol. The summed E-state index contributed by atoms with van der Waals surface area (Å²) >= 11 is 0. The van der Waals surface area contributed by atoms with Crippen molar-refractivity contribution in [2.45, 2.75) is 39.2 Å². The number of amides is 1. The van der Waals surface area contributed by atoms with Crippen molar-refractivity contribution < 1.29 is 4.79 Å². The van der Waals surface area contributed by atoms with Crippen LogP contribution < -0.4 is 15.5 Å². The number of carbonyl (C=O) groups excluding carboxylic acids is 1. The van der Waals surface area contributed by atoms with E-state index < -0.39 is 0 Å². The quantitative estimate of drug-likeness (QED) is 0.880. The second-order valence-corrected chi connectivity index (χ2v) is 6.48. The van der Waals surface area contributed by atoms with Gasteiger partial charge in [-0.15, -0.1) is 0 Å². The highest BCUT2D eigenvalue weighted by atomic mass is 16.1. The van der Waals surface area contributed by atoms with Crippen LogP contribution in [0.4, 0.5) is 11.8 Å². The van der Waals surface area contributed by atoms with E-state index in [4.69, 9.17) is 0 Å². The standard InChI is InChI=1S/C15H23N5O/c1-11(2)18-12-3-6-16-14(19-12)20-7-4-15(5-8-20)9-13(21)17-10-15/h3,6,11H,4-5,7-10H2,1-2H3,(H,17,21)(H,16,18,19). The molecule has 3 heterocycles. The molecule has 114 valence electrons. The van der Waals surface area contributed by atoms with Crippen LogP contribution in [0, 0.1) is 5.41 Å². The van der Waals surface area contributed by atoms with E-state index in [1.54, 1.807) is 6.20 Å². The Bertz CT molecular complexity index is 523. The first kappa shape index (κ1) is 14.1. The highest BCUT2D eigenvalue weighted by molar-refractivity contribution is 5.79. The van der Waals surface area contributed by atoms with E-state index in [1.165, 1.54) is 0 Å². The number of aromatic nitrogens is 2. The van der Waals surface area contributed by atoms with Gasteiger partial charge >= 0.3 is 0 Å². The van der Waals surface area contributed by atoms with Crippen LogP contribution in [-0.2, 0) is 4.79 Å². The lowest BCUT2D eigenvalue weighted by Gasteiger charge is -2.38. The molecule has 2 N–H and O–H groups in total. The van der Waals surface area contributed by atoms with E-state index in [0.29, 0.717) is 12.5 Å². The minimum Gasteiger partial charge on any atom is -0.368 e. The van der Waals surface area contributed by atoms with Gasteiger partial charge in [-0.05, 0) is 38.2 Å². The number of rotatable bonds is 3. The molecule has 1 amide bonds. The molecule has 21 heavy (non-hydrogen) atoms. The highest BCUT2D eigenvalue weighted by Gasteiger charge is 2.41. The highest BCUT2D eigenvalue weighted by Crippen LogP contribution is 2.38. The van der Waals surface area contributed by atoms with Gasteiger partial charge < -0.3 is 15.5 Å². The Kier molecular flexibility index (Phi) is 3.69. The Morgan fingerprint density at radius 2 is 2.14 bits per heavy atom. The van der Waals surface area contributed by atoms with Gasteiger partial charge in [0.1, 0.15) is 5.82 Å². The molecule has 0 atom stereocenters. The summed E-state index contributed by atoms with van der Waals surface area (Å²) in [6.07, 6.45) is 4.53. The first-order valence-corrected chi connectivity index (χ1v) is 7.68. The van der Waals surface area contributed by atoms with Crippen molar-refractivity contribution in [3.8, 4) is 0 Å². The second-order valence-electron chi connectivity index (χ2n) is 6.48. The molecular weight excluding hydrogens is 266 g/mol. The van der Waals surface area contributed by atoms with Gasteiger partial charge in [0.15, 0.2) is 0 Å². The molecule has 0 bridgehead atoms. The third-order valence-corrected chi connectivity index (χ3v) is 4.38. The van der Waals surface area contributed by atoms with Gasteiger partial charge in [0.2, 0.25) is 11.9 Å². The molecule has 0 saturated carbocycles. The maximum atomic E-state index is 11.5. The topological polar surface area (TPSA) is 70.2 Å². The molecule has 1 aromatic heterocycles. The van der Waals surface area contributed by atoms with Crippen LogP contribution >= 0.6 is 0 Å². The summed E-state index contributed by atoms with van der Waals surface area (Å²) in [4.78, 5) is 22.7. The third-order valence-electron chi connectivity index (χ3n) is 4.38. The number of hydrogen-bond donors (Lipinski definition) is 2. The van der Waals surface area contributed by atoms with Gasteiger partial charge in [0, 0.05) is 38.3 Å². The van der Waals surface area contributed by atoms with Crippen molar-refractivity contribution in [2.75, 3.05) is 29.9 Å². The summed E-state index contributed by atoms with van der Waals surface area (Å²) in [5.41, 5.74) is 0.168. The predicted octanol–water partition coefficient (Wildman–Crippen LogP) is 1.40. The Hall–Kier alpha value is -1.85. The fraction of sp³-hybridized carbons (Fsp3) is 0.667. The Balaban J connectivity index is 1.65. The van der Waals surface area contributed by atoms with Gasteiger partial charge in [-0.3, -0.25) is 4.79 Å². The number of piperidine rings is 1.